The number of aromatic nitrogens is 5. The zero-order valence-corrected chi connectivity index (χ0v) is 16.8. The normalized spacial score (nSPS) is 16.6. The standard InChI is InChI=1S/C23H24N6/c1-3-17-15-21(27-22(25-17)16-10-12-24-13-11-16)29-14-6-9-20(29)23-26-18-7-4-5-8-19(18)28(23)2/h4-5,7-8,10-13,15,20H,3,6,9,14H2,1-2H3/t20-/m1/s1. The maximum absolute atomic E-state index is 4.96. The number of hydrogen-bond acceptors (Lipinski definition) is 5. The van der Waals surface area contributed by atoms with Gasteiger partial charge in [0.1, 0.15) is 11.6 Å². The number of hydrogen-bond donors (Lipinski definition) is 0. The fourth-order valence-electron chi connectivity index (χ4n) is 4.21. The first kappa shape index (κ1) is 17.8. The largest absolute Gasteiger partial charge is 0.346 e. The van der Waals surface area contributed by atoms with Crippen molar-refractivity contribution >= 4 is 16.9 Å². The zero-order valence-electron chi connectivity index (χ0n) is 16.8. The van der Waals surface area contributed by atoms with E-state index in [2.05, 4.69) is 52.7 Å². The Morgan fingerprint density at radius 1 is 1.03 bits per heavy atom. The number of fused-ring (bicyclic) bond motifs is 1. The van der Waals surface area contributed by atoms with Crippen molar-refractivity contribution in [3.05, 3.63) is 66.4 Å². The SMILES string of the molecule is CCc1cc(N2CCC[C@@H]2c2nc3ccccc3n2C)nc(-c2ccncc2)n1. The Hall–Kier alpha value is -3.28. The predicted octanol–water partition coefficient (Wildman–Crippen LogP) is 4.33. The van der Waals surface area contributed by atoms with E-state index >= 15 is 0 Å². The molecular formula is C23H24N6. The van der Waals surface area contributed by atoms with Crippen LogP contribution in [0.4, 0.5) is 5.82 Å². The number of pyridine rings is 1. The fraction of sp³-hybridized carbons (Fsp3) is 0.304. The van der Waals surface area contributed by atoms with E-state index in [0.29, 0.717) is 0 Å². The van der Waals surface area contributed by atoms with Gasteiger partial charge in [-0.25, -0.2) is 15.0 Å². The molecule has 3 aromatic heterocycles. The molecule has 6 heteroatoms. The van der Waals surface area contributed by atoms with E-state index < -0.39 is 0 Å². The van der Waals surface area contributed by atoms with Gasteiger partial charge in [0.25, 0.3) is 0 Å². The third-order valence-corrected chi connectivity index (χ3v) is 5.73. The number of imidazole rings is 1. The highest BCUT2D eigenvalue weighted by atomic mass is 15.3. The van der Waals surface area contributed by atoms with Crippen LogP contribution in [-0.2, 0) is 13.5 Å². The molecule has 1 saturated heterocycles. The summed E-state index contributed by atoms with van der Waals surface area (Å²) in [5.74, 6) is 2.85. The van der Waals surface area contributed by atoms with Gasteiger partial charge in [0.15, 0.2) is 5.82 Å². The van der Waals surface area contributed by atoms with Gasteiger partial charge in [-0.2, -0.15) is 0 Å². The van der Waals surface area contributed by atoms with E-state index in [1.807, 2.05) is 18.2 Å². The van der Waals surface area contributed by atoms with Gasteiger partial charge in [-0.3, -0.25) is 4.98 Å². The van der Waals surface area contributed by atoms with Crippen LogP contribution in [0, 0.1) is 0 Å². The molecule has 0 aliphatic carbocycles. The number of aryl methyl sites for hydroxylation is 2. The van der Waals surface area contributed by atoms with Crippen LogP contribution in [0.1, 0.15) is 37.3 Å². The third kappa shape index (κ3) is 3.14. The molecule has 4 aromatic rings. The molecule has 146 valence electrons. The second kappa shape index (κ2) is 7.28. The third-order valence-electron chi connectivity index (χ3n) is 5.73. The van der Waals surface area contributed by atoms with Crippen molar-refractivity contribution in [3.63, 3.8) is 0 Å². The minimum atomic E-state index is 0.220. The summed E-state index contributed by atoms with van der Waals surface area (Å²) < 4.78 is 2.23. The van der Waals surface area contributed by atoms with E-state index in [9.17, 15) is 0 Å². The first-order chi connectivity index (χ1) is 14.2. The van der Waals surface area contributed by atoms with Gasteiger partial charge in [-0.1, -0.05) is 19.1 Å². The van der Waals surface area contributed by atoms with Crippen molar-refractivity contribution in [2.75, 3.05) is 11.4 Å². The van der Waals surface area contributed by atoms with Crippen LogP contribution in [0.5, 0.6) is 0 Å². The van der Waals surface area contributed by atoms with Crippen molar-refractivity contribution in [1.29, 1.82) is 0 Å². The average molecular weight is 384 g/mol. The lowest BCUT2D eigenvalue weighted by Crippen LogP contribution is -2.26. The highest BCUT2D eigenvalue weighted by molar-refractivity contribution is 5.76. The average Bonchev–Trinajstić information content (AvgIpc) is 3.39. The quantitative estimate of drug-likeness (QED) is 0.524. The molecule has 0 unspecified atom stereocenters. The highest BCUT2D eigenvalue weighted by Crippen LogP contribution is 2.36. The number of benzene rings is 1. The molecule has 0 bridgehead atoms. The Bertz CT molecular complexity index is 1150. The summed E-state index contributed by atoms with van der Waals surface area (Å²) in [6.07, 6.45) is 6.65. The molecule has 0 N–H and O–H groups in total. The molecular weight excluding hydrogens is 360 g/mol. The van der Waals surface area contributed by atoms with E-state index in [1.54, 1.807) is 12.4 Å². The molecule has 29 heavy (non-hydrogen) atoms. The van der Waals surface area contributed by atoms with Crippen LogP contribution in [-0.4, -0.2) is 31.0 Å². The van der Waals surface area contributed by atoms with Crippen molar-refractivity contribution in [2.24, 2.45) is 7.05 Å². The van der Waals surface area contributed by atoms with Crippen molar-refractivity contribution < 1.29 is 0 Å². The summed E-state index contributed by atoms with van der Waals surface area (Å²) >= 11 is 0. The predicted molar refractivity (Wildman–Crippen MR) is 115 cm³/mol. The lowest BCUT2D eigenvalue weighted by molar-refractivity contribution is 0.633. The van der Waals surface area contributed by atoms with Crippen molar-refractivity contribution in [1.82, 2.24) is 24.5 Å². The fourth-order valence-corrected chi connectivity index (χ4v) is 4.21. The van der Waals surface area contributed by atoms with E-state index in [-0.39, 0.29) is 6.04 Å². The highest BCUT2D eigenvalue weighted by Gasteiger charge is 2.31. The smallest absolute Gasteiger partial charge is 0.161 e. The van der Waals surface area contributed by atoms with Crippen molar-refractivity contribution in [2.45, 2.75) is 32.2 Å². The summed E-state index contributed by atoms with van der Waals surface area (Å²) in [4.78, 5) is 21.2. The van der Waals surface area contributed by atoms with Crippen LogP contribution in [0.25, 0.3) is 22.4 Å². The van der Waals surface area contributed by atoms with Gasteiger partial charge in [0, 0.05) is 43.3 Å². The van der Waals surface area contributed by atoms with Gasteiger partial charge >= 0.3 is 0 Å². The Morgan fingerprint density at radius 3 is 2.66 bits per heavy atom. The lowest BCUT2D eigenvalue weighted by atomic mass is 10.2. The lowest BCUT2D eigenvalue weighted by Gasteiger charge is -2.26. The molecule has 1 aliphatic rings. The molecule has 1 aliphatic heterocycles. The molecule has 0 radical (unpaired) electrons. The first-order valence-electron chi connectivity index (χ1n) is 10.2. The summed E-state index contributed by atoms with van der Waals surface area (Å²) in [7, 11) is 2.11. The maximum Gasteiger partial charge on any atom is 0.161 e. The molecule has 0 spiro atoms. The molecule has 4 heterocycles. The van der Waals surface area contributed by atoms with Gasteiger partial charge in [-0.05, 0) is 43.5 Å². The van der Waals surface area contributed by atoms with Gasteiger partial charge in [0.05, 0.1) is 17.1 Å². The molecule has 1 atom stereocenters. The Balaban J connectivity index is 1.58. The number of rotatable bonds is 4. The molecule has 1 fully saturated rings. The summed E-state index contributed by atoms with van der Waals surface area (Å²) in [6.45, 7) is 3.11. The Kier molecular flexibility index (Phi) is 4.46. The summed E-state index contributed by atoms with van der Waals surface area (Å²) in [6, 6.07) is 14.6. The summed E-state index contributed by atoms with van der Waals surface area (Å²) in [5, 5.41) is 0. The van der Waals surface area contributed by atoms with Gasteiger partial charge in [-0.15, -0.1) is 0 Å². The summed E-state index contributed by atoms with van der Waals surface area (Å²) in [5.41, 5.74) is 4.27. The number of para-hydroxylation sites is 2. The zero-order chi connectivity index (χ0) is 19.8. The minimum Gasteiger partial charge on any atom is -0.346 e. The monoisotopic (exact) mass is 384 g/mol. The van der Waals surface area contributed by atoms with Crippen LogP contribution in [0.15, 0.2) is 54.9 Å². The molecule has 6 nitrogen and oxygen atoms in total. The van der Waals surface area contributed by atoms with E-state index in [0.717, 1.165) is 60.0 Å². The maximum atomic E-state index is 4.96. The van der Waals surface area contributed by atoms with Crippen LogP contribution in [0.2, 0.25) is 0 Å². The molecule has 0 amide bonds. The topological polar surface area (TPSA) is 59.7 Å². The van der Waals surface area contributed by atoms with Crippen LogP contribution in [0.3, 0.4) is 0 Å². The second-order valence-corrected chi connectivity index (χ2v) is 7.50. The van der Waals surface area contributed by atoms with Crippen LogP contribution < -0.4 is 4.90 Å². The van der Waals surface area contributed by atoms with Gasteiger partial charge in [0.2, 0.25) is 0 Å². The first-order valence-corrected chi connectivity index (χ1v) is 10.2. The van der Waals surface area contributed by atoms with Gasteiger partial charge < -0.3 is 9.47 Å². The number of anilines is 1. The molecule has 1 aromatic carbocycles. The Labute approximate surface area is 170 Å². The Morgan fingerprint density at radius 2 is 1.86 bits per heavy atom. The number of nitrogens with zero attached hydrogens (tertiary/aromatic N) is 6. The second-order valence-electron chi connectivity index (χ2n) is 7.50. The minimum absolute atomic E-state index is 0.220. The van der Waals surface area contributed by atoms with Crippen LogP contribution >= 0.6 is 0 Å². The van der Waals surface area contributed by atoms with Crippen molar-refractivity contribution in [3.8, 4) is 11.4 Å². The van der Waals surface area contributed by atoms with E-state index in [4.69, 9.17) is 15.0 Å². The molecule has 0 saturated carbocycles. The molecule has 5 rings (SSSR count). The van der Waals surface area contributed by atoms with E-state index in [1.165, 1.54) is 5.52 Å².